The first-order valence-electron chi connectivity index (χ1n) is 10.6. The van der Waals surface area contributed by atoms with Crippen molar-refractivity contribution in [3.8, 4) is 17.2 Å². The van der Waals surface area contributed by atoms with Crippen molar-refractivity contribution >= 4 is 23.4 Å². The molecular weight excluding hydrogens is 434 g/mol. The molecule has 0 saturated carbocycles. The Morgan fingerprint density at radius 1 is 0.848 bits per heavy atom. The molecule has 3 aromatic carbocycles. The molecule has 5 rings (SSSR count). The number of thioether (sulfide) groups is 1. The third-order valence-electron chi connectivity index (χ3n) is 5.78. The van der Waals surface area contributed by atoms with Crippen LogP contribution in [0.5, 0.6) is 11.5 Å². The van der Waals surface area contributed by atoms with E-state index in [4.69, 9.17) is 4.74 Å². The number of para-hydroxylation sites is 2. The third-order valence-corrected chi connectivity index (χ3v) is 6.99. The number of carbonyl (C=O) groups excluding carboxylic acids is 1. The summed E-state index contributed by atoms with van der Waals surface area (Å²) in [5.74, 6) is 1.74. The molecule has 33 heavy (non-hydrogen) atoms. The number of hydrogen-bond donors (Lipinski definition) is 0. The Kier molecular flexibility index (Phi) is 5.56. The van der Waals surface area contributed by atoms with Gasteiger partial charge in [0.05, 0.1) is 17.1 Å². The molecule has 0 unspecified atom stereocenters. The zero-order valence-corrected chi connectivity index (χ0v) is 19.2. The maximum Gasteiger partial charge on any atom is 0.295 e. The normalized spacial score (nSPS) is 15.8. The first-order valence-corrected chi connectivity index (χ1v) is 11.7. The summed E-state index contributed by atoms with van der Waals surface area (Å²) in [5.41, 5.74) is 2.67. The molecule has 0 radical (unpaired) electrons. The second-order valence-electron chi connectivity index (χ2n) is 7.82. The van der Waals surface area contributed by atoms with Gasteiger partial charge in [0.1, 0.15) is 22.6 Å². The molecule has 166 valence electrons. The Labute approximate surface area is 196 Å². The van der Waals surface area contributed by atoms with Gasteiger partial charge < -0.3 is 4.74 Å². The van der Waals surface area contributed by atoms with Crippen LogP contribution in [0.2, 0.25) is 0 Å². The van der Waals surface area contributed by atoms with Gasteiger partial charge in [0.2, 0.25) is 5.91 Å². The molecule has 1 aromatic heterocycles. The van der Waals surface area contributed by atoms with E-state index in [2.05, 4.69) is 0 Å². The van der Waals surface area contributed by atoms with Gasteiger partial charge in [0.25, 0.3) is 5.56 Å². The topological polar surface area (TPSA) is 56.5 Å². The van der Waals surface area contributed by atoms with Crippen molar-refractivity contribution in [2.75, 3.05) is 10.7 Å². The molecule has 0 N–H and O–H groups in total. The minimum atomic E-state index is -0.277. The van der Waals surface area contributed by atoms with E-state index in [1.54, 1.807) is 14.3 Å². The highest BCUT2D eigenvalue weighted by molar-refractivity contribution is 8.00. The van der Waals surface area contributed by atoms with Crippen molar-refractivity contribution in [2.45, 2.75) is 12.3 Å². The van der Waals surface area contributed by atoms with E-state index in [9.17, 15) is 9.59 Å². The highest BCUT2D eigenvalue weighted by Gasteiger charge is 2.38. The van der Waals surface area contributed by atoms with Crippen LogP contribution < -0.4 is 15.2 Å². The first-order chi connectivity index (χ1) is 16.0. The minimum absolute atomic E-state index is 0.0689. The number of amides is 1. The van der Waals surface area contributed by atoms with Crippen molar-refractivity contribution < 1.29 is 9.53 Å². The highest BCUT2D eigenvalue weighted by atomic mass is 32.2. The van der Waals surface area contributed by atoms with Gasteiger partial charge in [-0.15, -0.1) is 11.8 Å². The van der Waals surface area contributed by atoms with Gasteiger partial charge >= 0.3 is 0 Å². The zero-order chi connectivity index (χ0) is 22.9. The maximum absolute atomic E-state index is 13.5. The first kappa shape index (κ1) is 21.2. The highest BCUT2D eigenvalue weighted by Crippen LogP contribution is 2.42. The van der Waals surface area contributed by atoms with E-state index in [1.165, 1.54) is 11.8 Å². The molecule has 0 aliphatic carbocycles. The zero-order valence-electron chi connectivity index (χ0n) is 18.3. The van der Waals surface area contributed by atoms with Gasteiger partial charge in [-0.25, -0.2) is 4.68 Å². The van der Waals surface area contributed by atoms with Crippen molar-refractivity contribution in [3.05, 3.63) is 107 Å². The van der Waals surface area contributed by atoms with Crippen LogP contribution in [0.3, 0.4) is 0 Å². The van der Waals surface area contributed by atoms with Crippen LogP contribution in [0.1, 0.15) is 16.6 Å². The number of anilines is 1. The number of hydrogen-bond acceptors (Lipinski definition) is 4. The summed E-state index contributed by atoms with van der Waals surface area (Å²) in [5, 5.41) is -0.277. The van der Waals surface area contributed by atoms with Crippen molar-refractivity contribution in [3.63, 3.8) is 0 Å². The molecule has 0 spiro atoms. The summed E-state index contributed by atoms with van der Waals surface area (Å²) in [6.07, 6.45) is 0. The van der Waals surface area contributed by atoms with Gasteiger partial charge in [-0.05, 0) is 48.9 Å². The third kappa shape index (κ3) is 3.85. The lowest BCUT2D eigenvalue weighted by Crippen LogP contribution is -2.33. The van der Waals surface area contributed by atoms with Crippen LogP contribution in [-0.2, 0) is 11.8 Å². The molecule has 4 aromatic rings. The molecule has 2 heterocycles. The number of benzene rings is 3. The van der Waals surface area contributed by atoms with Gasteiger partial charge in [-0.1, -0.05) is 48.5 Å². The Bertz CT molecular complexity index is 1350. The Balaban J connectivity index is 1.49. The van der Waals surface area contributed by atoms with Crippen LogP contribution in [0.25, 0.3) is 5.69 Å². The lowest BCUT2D eigenvalue weighted by Gasteiger charge is -2.23. The molecule has 0 bridgehead atoms. The molecule has 1 atom stereocenters. The van der Waals surface area contributed by atoms with Crippen molar-refractivity contribution in [2.24, 2.45) is 7.05 Å². The Hall–Kier alpha value is -3.71. The second-order valence-corrected chi connectivity index (χ2v) is 8.89. The summed E-state index contributed by atoms with van der Waals surface area (Å²) in [6.45, 7) is 1.88. The minimum Gasteiger partial charge on any atom is -0.457 e. The Morgan fingerprint density at radius 3 is 2.12 bits per heavy atom. The predicted octanol–water partition coefficient (Wildman–Crippen LogP) is 5.06. The average Bonchev–Trinajstić information content (AvgIpc) is 3.31. The molecule has 7 heteroatoms. The smallest absolute Gasteiger partial charge is 0.295 e. The fraction of sp³-hybridized carbons (Fsp3) is 0.154. The van der Waals surface area contributed by atoms with E-state index in [0.29, 0.717) is 17.2 Å². The summed E-state index contributed by atoms with van der Waals surface area (Å²) < 4.78 is 9.30. The van der Waals surface area contributed by atoms with Gasteiger partial charge in [-0.2, -0.15) is 0 Å². The fourth-order valence-electron chi connectivity index (χ4n) is 4.07. The molecule has 1 fully saturated rings. The van der Waals surface area contributed by atoms with E-state index in [-0.39, 0.29) is 16.8 Å². The molecule has 1 amide bonds. The van der Waals surface area contributed by atoms with Crippen molar-refractivity contribution in [1.82, 2.24) is 9.36 Å². The molecule has 1 aliphatic rings. The molecular formula is C26H23N3O3S. The van der Waals surface area contributed by atoms with Gasteiger partial charge in [0, 0.05) is 7.05 Å². The largest absolute Gasteiger partial charge is 0.457 e. The van der Waals surface area contributed by atoms with E-state index < -0.39 is 0 Å². The van der Waals surface area contributed by atoms with Crippen LogP contribution >= 0.6 is 11.8 Å². The van der Waals surface area contributed by atoms with Crippen molar-refractivity contribution in [1.29, 1.82) is 0 Å². The Morgan fingerprint density at radius 2 is 1.45 bits per heavy atom. The van der Waals surface area contributed by atoms with Crippen LogP contribution in [0.4, 0.5) is 5.69 Å². The number of ether oxygens (including phenoxy) is 1. The SMILES string of the molecule is Cc1c(N2C(=O)CS[C@@H]2c2ccc(Oc3ccccc3)cc2)c(=O)n(-c2ccccc2)n1C. The monoisotopic (exact) mass is 457 g/mol. The van der Waals surface area contributed by atoms with E-state index in [0.717, 1.165) is 22.7 Å². The number of rotatable bonds is 5. The number of aromatic nitrogens is 2. The second kappa shape index (κ2) is 8.67. The number of carbonyl (C=O) groups is 1. The quantitative estimate of drug-likeness (QED) is 0.421. The average molecular weight is 458 g/mol. The summed E-state index contributed by atoms with van der Waals surface area (Å²) >= 11 is 1.52. The van der Waals surface area contributed by atoms with Crippen LogP contribution in [0.15, 0.2) is 89.7 Å². The van der Waals surface area contributed by atoms with Gasteiger partial charge in [-0.3, -0.25) is 19.2 Å². The number of nitrogens with zero attached hydrogens (tertiary/aromatic N) is 3. The van der Waals surface area contributed by atoms with Gasteiger partial charge in [0.15, 0.2) is 0 Å². The summed E-state index contributed by atoms with van der Waals surface area (Å²) in [4.78, 5) is 28.1. The standard InChI is InChI=1S/C26H23N3O3S/c1-18-24(25(31)29(27(18)2)20-9-5-3-6-10-20)28-23(30)17-33-26(28)19-13-15-22(16-14-19)32-21-11-7-4-8-12-21/h3-16,26H,17H2,1-2H3/t26-/m1/s1. The van der Waals surface area contributed by atoms with Crippen LogP contribution in [-0.4, -0.2) is 21.0 Å². The van der Waals surface area contributed by atoms with E-state index >= 15 is 0 Å². The summed E-state index contributed by atoms with van der Waals surface area (Å²) in [6, 6.07) is 26.7. The summed E-state index contributed by atoms with van der Waals surface area (Å²) in [7, 11) is 1.84. The molecule has 1 aliphatic heterocycles. The lowest BCUT2D eigenvalue weighted by molar-refractivity contribution is -0.115. The molecule has 1 saturated heterocycles. The van der Waals surface area contributed by atoms with Crippen LogP contribution in [0, 0.1) is 6.92 Å². The lowest BCUT2D eigenvalue weighted by atomic mass is 10.2. The maximum atomic E-state index is 13.5. The van der Waals surface area contributed by atoms with E-state index in [1.807, 2.05) is 98.9 Å². The molecule has 6 nitrogen and oxygen atoms in total. The predicted molar refractivity (Wildman–Crippen MR) is 131 cm³/mol. The fourth-order valence-corrected chi connectivity index (χ4v) is 5.23.